The Labute approximate surface area is 167 Å². The van der Waals surface area contributed by atoms with Crippen LogP contribution in [-0.2, 0) is 23.8 Å². The molecule has 0 aromatic carbocycles. The first kappa shape index (κ1) is 23.6. The van der Waals surface area contributed by atoms with E-state index in [1.807, 2.05) is 0 Å². The minimum Gasteiger partial charge on any atom is -0.547 e. The molecule has 7 N–H and O–H groups in total. The van der Waals surface area contributed by atoms with Gasteiger partial charge in [0.05, 0.1) is 5.97 Å². The van der Waals surface area contributed by atoms with Crippen LogP contribution in [0.1, 0.15) is 0 Å². The largest absolute Gasteiger partial charge is 1.00 e. The number of aliphatic hydroxyl groups excluding tert-OH is 6. The minimum absolute atomic E-state index is 0. The van der Waals surface area contributed by atoms with Crippen molar-refractivity contribution in [3.63, 3.8) is 0 Å². The van der Waals surface area contributed by atoms with Crippen molar-refractivity contribution in [1.82, 2.24) is 0 Å². The fraction of sp³-hybridized carbons (Fsp3) is 0.833. The first-order valence-electron chi connectivity index (χ1n) is 7.04. The van der Waals surface area contributed by atoms with Crippen LogP contribution in [0.15, 0.2) is 0 Å². The summed E-state index contributed by atoms with van der Waals surface area (Å²) >= 11 is 0. The van der Waals surface area contributed by atoms with Crippen molar-refractivity contribution in [1.29, 1.82) is 0 Å². The number of aliphatic hydroxyl groups is 6. The molecule has 2 aliphatic rings. The van der Waals surface area contributed by atoms with Gasteiger partial charge in [-0.1, -0.05) is 0 Å². The smallest absolute Gasteiger partial charge is 0.547 e. The van der Waals surface area contributed by atoms with Gasteiger partial charge >= 0.3 is 35.5 Å². The molecule has 0 aromatic rings. The van der Waals surface area contributed by atoms with Crippen LogP contribution in [0.2, 0.25) is 0 Å². The van der Waals surface area contributed by atoms with Gasteiger partial charge in [-0.3, -0.25) is 0 Å². The summed E-state index contributed by atoms with van der Waals surface area (Å²) in [6.07, 6.45) is -20.3. The van der Waals surface area contributed by atoms with Gasteiger partial charge in [-0.15, -0.1) is 0 Å². The van der Waals surface area contributed by atoms with E-state index >= 15 is 0 Å². The van der Waals surface area contributed by atoms with Crippen LogP contribution in [0.4, 0.5) is 0 Å². The molecule has 10 atom stereocenters. The van der Waals surface area contributed by atoms with Gasteiger partial charge in [-0.05, 0) is 0 Å². The molecule has 13 nitrogen and oxygen atoms in total. The van der Waals surface area contributed by atoms with E-state index < -0.39 is 73.4 Å². The topological polar surface area (TPSA) is 226 Å². The van der Waals surface area contributed by atoms with Crippen molar-refractivity contribution in [2.24, 2.45) is 0 Å². The van der Waals surface area contributed by atoms with Crippen molar-refractivity contribution in [2.45, 2.75) is 61.4 Å². The van der Waals surface area contributed by atoms with Gasteiger partial charge in [0.2, 0.25) is 0 Å². The molecule has 0 aromatic heterocycles. The molecule has 0 amide bonds. The summed E-state index contributed by atoms with van der Waals surface area (Å²) in [5, 5.41) is 77.7. The van der Waals surface area contributed by atoms with E-state index in [0.29, 0.717) is 0 Å². The van der Waals surface area contributed by atoms with Crippen LogP contribution in [0.5, 0.6) is 0 Å². The molecule has 14 heteroatoms. The van der Waals surface area contributed by atoms with Crippen molar-refractivity contribution in [3.8, 4) is 0 Å². The second-order valence-corrected chi connectivity index (χ2v) is 5.58. The van der Waals surface area contributed by atoms with Gasteiger partial charge in [-0.25, -0.2) is 4.79 Å². The quantitative estimate of drug-likeness (QED) is 0.221. The van der Waals surface area contributed by atoms with Gasteiger partial charge < -0.3 is 59.9 Å². The molecule has 0 bridgehead atoms. The van der Waals surface area contributed by atoms with E-state index in [2.05, 4.69) is 4.74 Å². The van der Waals surface area contributed by atoms with Crippen molar-refractivity contribution < 1.29 is 94.2 Å². The van der Waals surface area contributed by atoms with Crippen LogP contribution in [0.3, 0.4) is 0 Å². The molecule has 26 heavy (non-hydrogen) atoms. The van der Waals surface area contributed by atoms with Gasteiger partial charge in [0.1, 0.15) is 42.7 Å². The summed E-state index contributed by atoms with van der Waals surface area (Å²) in [6.45, 7) is 0. The van der Waals surface area contributed by atoms with E-state index in [4.69, 9.17) is 14.6 Å². The number of hydrogen-bond acceptors (Lipinski definition) is 12. The summed E-state index contributed by atoms with van der Waals surface area (Å²) in [7, 11) is 0. The van der Waals surface area contributed by atoms with E-state index in [1.54, 1.807) is 0 Å². The molecule has 2 rings (SSSR count). The maximum Gasteiger partial charge on any atom is 1.00 e. The standard InChI is InChI=1S/C12H18O13.Na/c13-1-2(14)7(9(18)19)25-12(5(1)17)24-6-3(15)4(16)11(22)23-8(6)10(20)21;/h1-8,11-17,22H,(H,18,19)(H,20,21);/q;+1/p-1/t1-,2-,3+,4-,5-,6-,7-,8-,11+,12+;/m0./s1. The number of carboxylic acids is 2. The maximum absolute atomic E-state index is 11.2. The number of ether oxygens (including phenoxy) is 3. The van der Waals surface area contributed by atoms with E-state index in [1.165, 1.54) is 0 Å². The molecule has 0 spiro atoms. The number of carbonyl (C=O) groups excluding carboxylic acids is 1. The Morgan fingerprint density at radius 1 is 0.808 bits per heavy atom. The maximum atomic E-state index is 11.2. The third-order valence-electron chi connectivity index (χ3n) is 3.90. The van der Waals surface area contributed by atoms with Crippen LogP contribution < -0.4 is 34.7 Å². The molecule has 0 radical (unpaired) electrons. The summed E-state index contributed by atoms with van der Waals surface area (Å²) < 4.78 is 14.3. The minimum atomic E-state index is -2.12. The average Bonchev–Trinajstić information content (AvgIpc) is 2.54. The van der Waals surface area contributed by atoms with Crippen LogP contribution in [0.25, 0.3) is 0 Å². The first-order valence-corrected chi connectivity index (χ1v) is 7.04. The first-order chi connectivity index (χ1) is 11.6. The third-order valence-corrected chi connectivity index (χ3v) is 3.90. The van der Waals surface area contributed by atoms with E-state index in [9.17, 15) is 45.3 Å². The third kappa shape index (κ3) is 4.52. The Hall–Kier alpha value is -0.420. The summed E-state index contributed by atoms with van der Waals surface area (Å²) in [5.41, 5.74) is 0. The van der Waals surface area contributed by atoms with Gasteiger partial charge in [0.15, 0.2) is 18.7 Å². The van der Waals surface area contributed by atoms with Crippen molar-refractivity contribution >= 4 is 11.9 Å². The molecule has 2 heterocycles. The van der Waals surface area contributed by atoms with Crippen LogP contribution in [0, 0.1) is 0 Å². The SMILES string of the molecule is O=C([O-])[C@H]1O[C@@H](O[C@H]2[C@H](O)[C@H](O)[C@H](O)O[C@@H]2C(=O)O)[C@@H](O)[C@@H](O)[C@@H]1O.[Na+]. The molecule has 0 saturated carbocycles. The van der Waals surface area contributed by atoms with Crippen molar-refractivity contribution in [3.05, 3.63) is 0 Å². The fourth-order valence-electron chi connectivity index (χ4n) is 2.51. The summed E-state index contributed by atoms with van der Waals surface area (Å²) in [4.78, 5) is 22.1. The molecule has 0 unspecified atom stereocenters. The van der Waals surface area contributed by atoms with Crippen molar-refractivity contribution in [2.75, 3.05) is 0 Å². The monoisotopic (exact) mass is 392 g/mol. The number of rotatable bonds is 4. The Bertz CT molecular complexity index is 517. The van der Waals surface area contributed by atoms with Gasteiger partial charge in [-0.2, -0.15) is 0 Å². The molecule has 0 aliphatic carbocycles. The Balaban J connectivity index is 0.00000338. The molecular formula is C12H17NaO13. The average molecular weight is 392 g/mol. The Morgan fingerprint density at radius 3 is 1.88 bits per heavy atom. The number of aliphatic carboxylic acids is 2. The second-order valence-electron chi connectivity index (χ2n) is 5.58. The Kier molecular flexibility index (Phi) is 8.34. The number of carbonyl (C=O) groups is 2. The summed E-state index contributed by atoms with van der Waals surface area (Å²) in [5.74, 6) is -3.66. The predicted molar refractivity (Wildman–Crippen MR) is 67.1 cm³/mol. The van der Waals surface area contributed by atoms with Gasteiger partial charge in [0.25, 0.3) is 0 Å². The second kappa shape index (κ2) is 9.18. The van der Waals surface area contributed by atoms with E-state index in [-0.39, 0.29) is 29.6 Å². The molecule has 2 fully saturated rings. The van der Waals surface area contributed by atoms with E-state index in [0.717, 1.165) is 0 Å². The fourth-order valence-corrected chi connectivity index (χ4v) is 2.51. The van der Waals surface area contributed by atoms with Crippen LogP contribution in [-0.4, -0.2) is 109 Å². The number of hydrogen-bond donors (Lipinski definition) is 7. The van der Waals surface area contributed by atoms with Gasteiger partial charge in [0, 0.05) is 0 Å². The molecule has 144 valence electrons. The zero-order valence-electron chi connectivity index (χ0n) is 13.4. The Morgan fingerprint density at radius 2 is 1.38 bits per heavy atom. The number of carboxylic acid groups (broad SMARTS) is 2. The molecule has 2 aliphatic heterocycles. The zero-order valence-corrected chi connectivity index (χ0v) is 15.4. The molecule has 2 saturated heterocycles. The summed E-state index contributed by atoms with van der Waals surface area (Å²) in [6, 6.07) is 0. The zero-order chi connectivity index (χ0) is 19.0. The molecular weight excluding hydrogens is 375 g/mol. The van der Waals surface area contributed by atoms with Crippen LogP contribution >= 0.6 is 0 Å². The predicted octanol–water partition coefficient (Wildman–Crippen LogP) is -9.54. The normalized spacial score (nSPS) is 46.2.